The Morgan fingerprint density at radius 1 is 1.31 bits per heavy atom. The van der Waals surface area contributed by atoms with Crippen LogP contribution in [0.1, 0.15) is 24.2 Å². The van der Waals surface area contributed by atoms with Crippen LogP contribution in [0.3, 0.4) is 0 Å². The number of aryl methyl sites for hydroxylation is 1. The van der Waals surface area contributed by atoms with Gasteiger partial charge in [-0.2, -0.15) is 0 Å². The molecule has 0 saturated heterocycles. The lowest BCUT2D eigenvalue weighted by Gasteiger charge is -2.08. The molecule has 1 aromatic heterocycles. The van der Waals surface area contributed by atoms with Gasteiger partial charge in [-0.3, -0.25) is 0 Å². The van der Waals surface area contributed by atoms with Gasteiger partial charge in [-0.05, 0) is 26.7 Å². The van der Waals surface area contributed by atoms with E-state index in [9.17, 15) is 0 Å². The number of hydrogen-bond donors (Lipinski definition) is 1. The summed E-state index contributed by atoms with van der Waals surface area (Å²) in [7, 11) is 0. The van der Waals surface area contributed by atoms with E-state index in [1.807, 2.05) is 13.8 Å². The monoisotopic (exact) mass is 197 g/mol. The maximum absolute atomic E-state index is 5.93. The van der Waals surface area contributed by atoms with Gasteiger partial charge in [0.1, 0.15) is 16.8 Å². The largest absolute Gasteiger partial charge is 0.367 e. The summed E-state index contributed by atoms with van der Waals surface area (Å²) < 4.78 is 0. The van der Waals surface area contributed by atoms with E-state index in [-0.39, 0.29) is 0 Å². The Morgan fingerprint density at radius 3 is 2.62 bits per heavy atom. The summed E-state index contributed by atoms with van der Waals surface area (Å²) in [5.74, 6) is 1.61. The molecule has 0 unspecified atom stereocenters. The number of halogens is 1. The van der Waals surface area contributed by atoms with Gasteiger partial charge in [0.05, 0.1) is 0 Å². The Hall–Kier alpha value is -0.830. The summed E-state index contributed by atoms with van der Waals surface area (Å²) in [5.41, 5.74) is 0.944. The molecule has 0 atom stereocenters. The molecule has 13 heavy (non-hydrogen) atoms. The van der Waals surface area contributed by atoms with Crippen LogP contribution in [0.5, 0.6) is 0 Å². The fourth-order valence-corrected chi connectivity index (χ4v) is 1.37. The van der Waals surface area contributed by atoms with E-state index < -0.39 is 0 Å². The summed E-state index contributed by atoms with van der Waals surface area (Å²) in [6, 6.07) is 0.601. The van der Waals surface area contributed by atoms with Gasteiger partial charge in [-0.25, -0.2) is 9.97 Å². The normalized spacial score (nSPS) is 15.9. The highest BCUT2D eigenvalue weighted by atomic mass is 35.5. The zero-order valence-electron chi connectivity index (χ0n) is 7.76. The van der Waals surface area contributed by atoms with Crippen LogP contribution in [0.15, 0.2) is 0 Å². The first-order valence-corrected chi connectivity index (χ1v) is 4.82. The fourth-order valence-electron chi connectivity index (χ4n) is 1.16. The van der Waals surface area contributed by atoms with Crippen molar-refractivity contribution in [3.8, 4) is 0 Å². The first kappa shape index (κ1) is 8.75. The maximum atomic E-state index is 5.93. The zero-order chi connectivity index (χ0) is 9.42. The van der Waals surface area contributed by atoms with Gasteiger partial charge in [0.2, 0.25) is 0 Å². The van der Waals surface area contributed by atoms with Gasteiger partial charge in [0.25, 0.3) is 0 Å². The molecule has 0 amide bonds. The molecular formula is C9H12ClN3. The lowest BCUT2D eigenvalue weighted by atomic mass is 10.3. The average Bonchev–Trinajstić information content (AvgIpc) is 2.83. The molecule has 0 aromatic carbocycles. The van der Waals surface area contributed by atoms with Crippen LogP contribution < -0.4 is 5.32 Å². The van der Waals surface area contributed by atoms with Gasteiger partial charge in [0.15, 0.2) is 0 Å². The smallest absolute Gasteiger partial charge is 0.137 e. The number of hydrogen-bond acceptors (Lipinski definition) is 3. The van der Waals surface area contributed by atoms with Crippen molar-refractivity contribution in [1.82, 2.24) is 9.97 Å². The summed E-state index contributed by atoms with van der Waals surface area (Å²) >= 11 is 5.93. The van der Waals surface area contributed by atoms with Crippen LogP contribution in [-0.4, -0.2) is 16.0 Å². The van der Waals surface area contributed by atoms with Crippen molar-refractivity contribution in [2.45, 2.75) is 32.7 Å². The van der Waals surface area contributed by atoms with E-state index >= 15 is 0 Å². The van der Waals surface area contributed by atoms with Gasteiger partial charge in [-0.1, -0.05) is 11.6 Å². The van der Waals surface area contributed by atoms with Crippen molar-refractivity contribution in [2.24, 2.45) is 0 Å². The molecule has 1 N–H and O–H groups in total. The number of nitrogens with zero attached hydrogens (tertiary/aromatic N) is 2. The second kappa shape index (κ2) is 3.14. The fraction of sp³-hybridized carbons (Fsp3) is 0.556. The molecule has 4 heteroatoms. The second-order valence-corrected chi connectivity index (χ2v) is 3.81. The number of nitrogens with one attached hydrogen (secondary N) is 1. The Kier molecular flexibility index (Phi) is 2.12. The van der Waals surface area contributed by atoms with Crippen LogP contribution in [0.4, 0.5) is 5.82 Å². The van der Waals surface area contributed by atoms with Crippen LogP contribution >= 0.6 is 11.6 Å². The van der Waals surface area contributed by atoms with Crippen molar-refractivity contribution < 1.29 is 0 Å². The van der Waals surface area contributed by atoms with Gasteiger partial charge in [0, 0.05) is 11.6 Å². The highest BCUT2D eigenvalue weighted by molar-refractivity contribution is 6.30. The van der Waals surface area contributed by atoms with E-state index in [1.54, 1.807) is 0 Å². The van der Waals surface area contributed by atoms with Crippen molar-refractivity contribution in [3.05, 3.63) is 16.5 Å². The summed E-state index contributed by atoms with van der Waals surface area (Å²) in [5, 5.41) is 3.88. The lowest BCUT2D eigenvalue weighted by Crippen LogP contribution is -2.07. The van der Waals surface area contributed by atoms with Crippen molar-refractivity contribution in [3.63, 3.8) is 0 Å². The van der Waals surface area contributed by atoms with E-state index in [0.29, 0.717) is 11.2 Å². The molecule has 1 aliphatic carbocycles. The van der Waals surface area contributed by atoms with E-state index in [0.717, 1.165) is 17.2 Å². The molecule has 1 heterocycles. The highest BCUT2D eigenvalue weighted by Crippen LogP contribution is 2.27. The standard InChI is InChI=1S/C9H12ClN3/c1-5-8(10)11-6(2)12-9(5)13-7-3-4-7/h7H,3-4H2,1-2H3,(H,11,12,13). The zero-order valence-corrected chi connectivity index (χ0v) is 8.52. The first-order chi connectivity index (χ1) is 6.16. The maximum Gasteiger partial charge on any atom is 0.137 e. The second-order valence-electron chi connectivity index (χ2n) is 3.45. The number of rotatable bonds is 2. The van der Waals surface area contributed by atoms with Gasteiger partial charge in [-0.15, -0.1) is 0 Å². The molecular weight excluding hydrogens is 186 g/mol. The van der Waals surface area contributed by atoms with Gasteiger partial charge < -0.3 is 5.32 Å². The highest BCUT2D eigenvalue weighted by Gasteiger charge is 2.22. The lowest BCUT2D eigenvalue weighted by molar-refractivity contribution is 1.00. The minimum absolute atomic E-state index is 0.552. The molecule has 3 nitrogen and oxygen atoms in total. The van der Waals surface area contributed by atoms with E-state index in [2.05, 4.69) is 15.3 Å². The molecule has 70 valence electrons. The topological polar surface area (TPSA) is 37.8 Å². The Bertz CT molecular complexity index is 334. The van der Waals surface area contributed by atoms with Crippen LogP contribution in [0.25, 0.3) is 0 Å². The Balaban J connectivity index is 2.30. The predicted molar refractivity (Wildman–Crippen MR) is 53.2 cm³/mol. The molecule has 0 bridgehead atoms. The summed E-state index contributed by atoms with van der Waals surface area (Å²) in [6.07, 6.45) is 2.47. The minimum atomic E-state index is 0.552. The van der Waals surface area contributed by atoms with Crippen LogP contribution in [-0.2, 0) is 0 Å². The Labute approximate surface area is 82.5 Å². The molecule has 0 spiro atoms. The quantitative estimate of drug-likeness (QED) is 0.740. The third kappa shape index (κ3) is 1.91. The van der Waals surface area contributed by atoms with Crippen molar-refractivity contribution in [1.29, 1.82) is 0 Å². The third-order valence-electron chi connectivity index (χ3n) is 2.12. The molecule has 1 aliphatic rings. The Morgan fingerprint density at radius 2 is 2.00 bits per heavy atom. The molecule has 1 saturated carbocycles. The SMILES string of the molecule is Cc1nc(Cl)c(C)c(NC2CC2)n1. The predicted octanol–water partition coefficient (Wildman–Crippen LogP) is 2.32. The average molecular weight is 198 g/mol. The van der Waals surface area contributed by atoms with E-state index in [1.165, 1.54) is 12.8 Å². The molecule has 2 rings (SSSR count). The van der Waals surface area contributed by atoms with Crippen molar-refractivity contribution in [2.75, 3.05) is 5.32 Å². The summed E-state index contributed by atoms with van der Waals surface area (Å²) in [6.45, 7) is 3.79. The molecule has 1 fully saturated rings. The molecule has 0 radical (unpaired) electrons. The van der Waals surface area contributed by atoms with Gasteiger partial charge >= 0.3 is 0 Å². The molecule has 1 aromatic rings. The van der Waals surface area contributed by atoms with Crippen molar-refractivity contribution >= 4 is 17.4 Å². The first-order valence-electron chi connectivity index (χ1n) is 4.44. The minimum Gasteiger partial charge on any atom is -0.367 e. The third-order valence-corrected chi connectivity index (χ3v) is 2.48. The van der Waals surface area contributed by atoms with E-state index in [4.69, 9.17) is 11.6 Å². The number of aromatic nitrogens is 2. The molecule has 0 aliphatic heterocycles. The summed E-state index contributed by atoms with van der Waals surface area (Å²) in [4.78, 5) is 8.38. The van der Waals surface area contributed by atoms with Crippen LogP contribution in [0.2, 0.25) is 5.15 Å². The number of anilines is 1. The van der Waals surface area contributed by atoms with Crippen LogP contribution in [0, 0.1) is 13.8 Å².